The monoisotopic (exact) mass is 389 g/mol. The Labute approximate surface area is 159 Å². The summed E-state index contributed by atoms with van der Waals surface area (Å²) in [4.78, 5) is 17.7. The number of nitrogens with zero attached hydrogens (tertiary/aromatic N) is 2. The van der Waals surface area contributed by atoms with E-state index in [1.807, 2.05) is 42.5 Å². The third-order valence-corrected chi connectivity index (χ3v) is 4.01. The zero-order chi connectivity index (χ0) is 20.1. The second-order valence-electron chi connectivity index (χ2n) is 6.21. The van der Waals surface area contributed by atoms with E-state index in [9.17, 15) is 18.0 Å². The smallest absolute Gasteiger partial charge is 0.422 e. The highest BCUT2D eigenvalue weighted by Crippen LogP contribution is 2.21. The molecular weight excluding hydrogens is 371 g/mol. The van der Waals surface area contributed by atoms with Crippen molar-refractivity contribution in [3.8, 4) is 5.88 Å². The number of alkyl halides is 3. The van der Waals surface area contributed by atoms with Crippen LogP contribution in [0.4, 0.5) is 23.7 Å². The predicted octanol–water partition coefficient (Wildman–Crippen LogP) is 4.84. The number of fused-ring (bicyclic) bond motifs is 1. The van der Waals surface area contributed by atoms with E-state index in [1.165, 1.54) is 23.2 Å². The Hall–Kier alpha value is -3.29. The van der Waals surface area contributed by atoms with Gasteiger partial charge >= 0.3 is 12.2 Å². The molecule has 5 nitrogen and oxygen atoms in total. The molecule has 1 heterocycles. The number of rotatable bonds is 5. The Morgan fingerprint density at radius 3 is 2.57 bits per heavy atom. The van der Waals surface area contributed by atoms with Gasteiger partial charge in [0, 0.05) is 19.7 Å². The van der Waals surface area contributed by atoms with Crippen molar-refractivity contribution >= 4 is 22.5 Å². The average molecular weight is 389 g/mol. The van der Waals surface area contributed by atoms with E-state index >= 15 is 0 Å². The molecule has 0 saturated carbocycles. The van der Waals surface area contributed by atoms with Gasteiger partial charge in [-0.1, -0.05) is 42.5 Å². The number of anilines is 1. The van der Waals surface area contributed by atoms with Gasteiger partial charge in [0.1, 0.15) is 0 Å². The van der Waals surface area contributed by atoms with E-state index in [0.717, 1.165) is 16.3 Å². The van der Waals surface area contributed by atoms with Crippen molar-refractivity contribution in [1.82, 2.24) is 9.88 Å². The second-order valence-corrected chi connectivity index (χ2v) is 6.21. The van der Waals surface area contributed by atoms with Gasteiger partial charge in [-0.05, 0) is 22.4 Å². The molecule has 0 radical (unpaired) electrons. The Balaban J connectivity index is 1.61. The number of carbonyl (C=O) groups is 1. The number of aromatic nitrogens is 1. The number of ether oxygens (including phenoxy) is 1. The molecule has 0 spiro atoms. The van der Waals surface area contributed by atoms with Crippen molar-refractivity contribution < 1.29 is 22.7 Å². The SMILES string of the molecule is CN(Cc1cccc2ccccc12)C(=O)Nc1ccc(OCC(F)(F)F)nc1. The lowest BCUT2D eigenvalue weighted by molar-refractivity contribution is -0.154. The standard InChI is InChI=1S/C20H18F3N3O2/c1-26(12-15-7-4-6-14-5-2-3-8-17(14)15)19(27)25-16-9-10-18(24-11-16)28-13-20(21,22)23/h2-11H,12-13H2,1H3,(H,25,27). The number of benzene rings is 2. The number of pyridine rings is 1. The van der Waals surface area contributed by atoms with Gasteiger partial charge in [-0.25, -0.2) is 9.78 Å². The van der Waals surface area contributed by atoms with Gasteiger partial charge in [-0.15, -0.1) is 0 Å². The first-order valence-electron chi connectivity index (χ1n) is 8.46. The van der Waals surface area contributed by atoms with Gasteiger partial charge in [-0.3, -0.25) is 0 Å². The van der Waals surface area contributed by atoms with Gasteiger partial charge in [-0.2, -0.15) is 13.2 Å². The molecule has 28 heavy (non-hydrogen) atoms. The summed E-state index contributed by atoms with van der Waals surface area (Å²) in [5, 5.41) is 4.81. The Morgan fingerprint density at radius 1 is 1.11 bits per heavy atom. The van der Waals surface area contributed by atoms with E-state index in [0.29, 0.717) is 12.2 Å². The fourth-order valence-corrected chi connectivity index (χ4v) is 2.67. The van der Waals surface area contributed by atoms with Crippen LogP contribution < -0.4 is 10.1 Å². The maximum atomic E-state index is 12.4. The molecule has 0 aliphatic rings. The van der Waals surface area contributed by atoms with Crippen LogP contribution in [0.1, 0.15) is 5.56 Å². The van der Waals surface area contributed by atoms with Crippen LogP contribution in [0, 0.1) is 0 Å². The topological polar surface area (TPSA) is 54.5 Å². The lowest BCUT2D eigenvalue weighted by Crippen LogP contribution is -2.30. The summed E-state index contributed by atoms with van der Waals surface area (Å²) in [5.74, 6) is -0.167. The highest BCUT2D eigenvalue weighted by Gasteiger charge is 2.28. The molecule has 3 aromatic rings. The van der Waals surface area contributed by atoms with Gasteiger partial charge in [0.25, 0.3) is 0 Å². The number of carbonyl (C=O) groups excluding carboxylic acids is 1. The molecule has 0 unspecified atom stereocenters. The van der Waals surface area contributed by atoms with Gasteiger partial charge < -0.3 is 15.0 Å². The van der Waals surface area contributed by atoms with Crippen molar-refractivity contribution in [2.75, 3.05) is 19.0 Å². The normalized spacial score (nSPS) is 11.3. The Kier molecular flexibility index (Phi) is 5.67. The average Bonchev–Trinajstić information content (AvgIpc) is 2.67. The first-order chi connectivity index (χ1) is 13.3. The third kappa shape index (κ3) is 5.12. The number of hydrogen-bond acceptors (Lipinski definition) is 3. The second kappa shape index (κ2) is 8.16. The molecule has 3 rings (SSSR count). The molecule has 1 N–H and O–H groups in total. The summed E-state index contributed by atoms with van der Waals surface area (Å²) in [6.07, 6.45) is -3.19. The van der Waals surface area contributed by atoms with E-state index in [4.69, 9.17) is 0 Å². The zero-order valence-corrected chi connectivity index (χ0v) is 15.0. The lowest BCUT2D eigenvalue weighted by Gasteiger charge is -2.19. The number of amides is 2. The van der Waals surface area contributed by atoms with Crippen LogP contribution in [0.3, 0.4) is 0 Å². The highest BCUT2D eigenvalue weighted by atomic mass is 19.4. The summed E-state index contributed by atoms with van der Waals surface area (Å²) < 4.78 is 41.0. The first-order valence-corrected chi connectivity index (χ1v) is 8.46. The van der Waals surface area contributed by atoms with Gasteiger partial charge in [0.15, 0.2) is 6.61 Å². The summed E-state index contributed by atoms with van der Waals surface area (Å²) in [7, 11) is 1.66. The number of nitrogens with one attached hydrogen (secondary N) is 1. The van der Waals surface area contributed by atoms with E-state index < -0.39 is 12.8 Å². The van der Waals surface area contributed by atoms with Crippen molar-refractivity contribution in [2.45, 2.75) is 12.7 Å². The highest BCUT2D eigenvalue weighted by molar-refractivity contribution is 5.90. The van der Waals surface area contributed by atoms with Crippen LogP contribution in [0.15, 0.2) is 60.8 Å². The number of halogens is 3. The Morgan fingerprint density at radius 2 is 1.86 bits per heavy atom. The molecule has 0 atom stereocenters. The molecule has 146 valence electrons. The van der Waals surface area contributed by atoms with Gasteiger partial charge in [0.05, 0.1) is 11.9 Å². The Bertz CT molecular complexity index is 954. The van der Waals surface area contributed by atoms with E-state index in [1.54, 1.807) is 7.05 Å². The van der Waals surface area contributed by atoms with E-state index in [2.05, 4.69) is 15.0 Å². The first kappa shape index (κ1) is 19.5. The number of urea groups is 1. The maximum Gasteiger partial charge on any atom is 0.422 e. The van der Waals surface area contributed by atoms with Crippen LogP contribution in [0.5, 0.6) is 5.88 Å². The van der Waals surface area contributed by atoms with Crippen molar-refractivity contribution in [2.24, 2.45) is 0 Å². The largest absolute Gasteiger partial charge is 0.468 e. The third-order valence-electron chi connectivity index (χ3n) is 4.01. The van der Waals surface area contributed by atoms with Crippen LogP contribution in [-0.4, -0.2) is 35.7 Å². The van der Waals surface area contributed by atoms with E-state index in [-0.39, 0.29) is 11.9 Å². The lowest BCUT2D eigenvalue weighted by atomic mass is 10.0. The molecule has 8 heteroatoms. The molecule has 2 amide bonds. The molecule has 0 bridgehead atoms. The van der Waals surface area contributed by atoms with Crippen molar-refractivity contribution in [3.63, 3.8) is 0 Å². The van der Waals surface area contributed by atoms with Crippen LogP contribution in [-0.2, 0) is 6.54 Å². The minimum atomic E-state index is -4.43. The molecule has 0 aliphatic carbocycles. The fourth-order valence-electron chi connectivity index (χ4n) is 2.67. The van der Waals surface area contributed by atoms with Crippen LogP contribution in [0.2, 0.25) is 0 Å². The summed E-state index contributed by atoms with van der Waals surface area (Å²) in [6, 6.07) is 16.2. The minimum Gasteiger partial charge on any atom is -0.468 e. The molecule has 0 fully saturated rings. The summed E-state index contributed by atoms with van der Waals surface area (Å²) in [5.41, 5.74) is 1.36. The molecular formula is C20H18F3N3O2. The van der Waals surface area contributed by atoms with Gasteiger partial charge in [0.2, 0.25) is 5.88 Å². The summed E-state index contributed by atoms with van der Waals surface area (Å²) in [6.45, 7) is -1.02. The van der Waals surface area contributed by atoms with Crippen molar-refractivity contribution in [1.29, 1.82) is 0 Å². The molecule has 0 aliphatic heterocycles. The number of hydrogen-bond donors (Lipinski definition) is 1. The molecule has 2 aromatic carbocycles. The van der Waals surface area contributed by atoms with Crippen molar-refractivity contribution in [3.05, 3.63) is 66.4 Å². The maximum absolute atomic E-state index is 12.4. The summed E-state index contributed by atoms with van der Waals surface area (Å²) >= 11 is 0. The molecule has 0 saturated heterocycles. The fraction of sp³-hybridized carbons (Fsp3) is 0.200. The predicted molar refractivity (Wildman–Crippen MR) is 100 cm³/mol. The zero-order valence-electron chi connectivity index (χ0n) is 15.0. The van der Waals surface area contributed by atoms with Crippen LogP contribution in [0.25, 0.3) is 10.8 Å². The minimum absolute atomic E-state index is 0.167. The molecule has 1 aromatic heterocycles. The quantitative estimate of drug-likeness (QED) is 0.679. The van der Waals surface area contributed by atoms with Crippen LogP contribution >= 0.6 is 0 Å².